The third-order valence-electron chi connectivity index (χ3n) is 4.70. The summed E-state index contributed by atoms with van der Waals surface area (Å²) in [5, 5.41) is 10.2. The first-order valence-corrected chi connectivity index (χ1v) is 13.3. The quantitative estimate of drug-likeness (QED) is 0.0541. The van der Waals surface area contributed by atoms with Crippen molar-refractivity contribution in [3.8, 4) is 17.2 Å². The Morgan fingerprint density at radius 3 is 1.10 bits per heavy atom. The maximum absolute atomic E-state index is 8.25. The van der Waals surface area contributed by atoms with Crippen molar-refractivity contribution < 1.29 is 42.6 Å². The van der Waals surface area contributed by atoms with Gasteiger partial charge in [-0.3, -0.25) is 0 Å². The Morgan fingerprint density at radius 2 is 0.738 bits per heavy atom. The number of nitrogens with zero attached hydrogens (tertiary/aromatic N) is 9. The third kappa shape index (κ3) is 21.1. The monoisotopic (exact) mass is 597 g/mol. The number of hydrogen-bond acceptors (Lipinski definition) is 12. The third-order valence-corrected chi connectivity index (χ3v) is 4.70. The number of para-hydroxylation sites is 1. The zero-order chi connectivity index (χ0) is 30.2. The summed E-state index contributed by atoms with van der Waals surface area (Å²) in [6, 6.07) is 5.33. The van der Waals surface area contributed by atoms with Crippen LogP contribution in [0, 0.1) is 0 Å². The first-order valence-electron chi connectivity index (χ1n) is 13.3. The van der Waals surface area contributed by atoms with Gasteiger partial charge in [0, 0.05) is 34.4 Å². The number of azide groups is 3. The summed E-state index contributed by atoms with van der Waals surface area (Å²) in [7, 11) is 0. The van der Waals surface area contributed by atoms with Crippen molar-refractivity contribution in [2.45, 2.75) is 0 Å². The molecule has 0 aliphatic rings. The van der Waals surface area contributed by atoms with Crippen LogP contribution in [-0.2, 0) is 28.4 Å². The molecule has 18 nitrogen and oxygen atoms in total. The lowest BCUT2D eigenvalue weighted by Gasteiger charge is -2.17. The van der Waals surface area contributed by atoms with Crippen molar-refractivity contribution in [1.82, 2.24) is 0 Å². The highest BCUT2D eigenvalue weighted by Crippen LogP contribution is 2.37. The van der Waals surface area contributed by atoms with E-state index in [1.807, 2.05) is 0 Å². The Morgan fingerprint density at radius 1 is 0.429 bits per heavy atom. The number of rotatable bonds is 30. The van der Waals surface area contributed by atoms with E-state index < -0.39 is 0 Å². The van der Waals surface area contributed by atoms with Gasteiger partial charge in [-0.25, -0.2) is 0 Å². The van der Waals surface area contributed by atoms with E-state index in [1.54, 1.807) is 18.2 Å². The molecule has 0 aliphatic carbocycles. The lowest BCUT2D eigenvalue weighted by atomic mass is 10.3. The van der Waals surface area contributed by atoms with Gasteiger partial charge in [-0.1, -0.05) is 21.4 Å². The van der Waals surface area contributed by atoms with Crippen LogP contribution in [0.1, 0.15) is 0 Å². The summed E-state index contributed by atoms with van der Waals surface area (Å²) >= 11 is 0. The Kier molecular flexibility index (Phi) is 24.9. The van der Waals surface area contributed by atoms with Crippen molar-refractivity contribution >= 4 is 0 Å². The van der Waals surface area contributed by atoms with Gasteiger partial charge in [0.15, 0.2) is 11.5 Å². The molecule has 0 bridgehead atoms. The summed E-state index contributed by atoms with van der Waals surface area (Å²) in [6.45, 7) is 5.79. The number of hydrogen-bond donors (Lipinski definition) is 0. The fourth-order valence-corrected chi connectivity index (χ4v) is 2.91. The number of benzene rings is 1. The van der Waals surface area contributed by atoms with Crippen LogP contribution in [0.25, 0.3) is 31.3 Å². The van der Waals surface area contributed by atoms with Gasteiger partial charge < -0.3 is 42.6 Å². The SMILES string of the molecule is [N-]=[N+]=NCCOCCOCCOc1cccc(OCCOCCOCCN=[N+]=[N-])c1OCCOCCOCCN=[N+]=[N-]. The van der Waals surface area contributed by atoms with Crippen molar-refractivity contribution in [3.05, 3.63) is 49.5 Å². The van der Waals surface area contributed by atoms with Crippen molar-refractivity contribution in [2.75, 3.05) is 119 Å². The predicted octanol–water partition coefficient (Wildman–Crippen LogP) is 3.85. The van der Waals surface area contributed by atoms with E-state index in [2.05, 4.69) is 30.1 Å². The molecule has 0 unspecified atom stereocenters. The molecule has 1 aromatic rings. The summed E-state index contributed by atoms with van der Waals surface area (Å²) in [6.07, 6.45) is 0. The first kappa shape index (κ1) is 36.3. The molecule has 0 heterocycles. The lowest BCUT2D eigenvalue weighted by molar-refractivity contribution is 0.0331. The minimum atomic E-state index is 0.239. The Balaban J connectivity index is 2.45. The van der Waals surface area contributed by atoms with E-state index >= 15 is 0 Å². The topological polar surface area (TPSA) is 229 Å². The molecule has 0 saturated heterocycles. The molecule has 1 rings (SSSR count). The molecule has 0 spiro atoms. The molecule has 0 atom stereocenters. The van der Waals surface area contributed by atoms with E-state index in [4.69, 9.17) is 59.2 Å². The van der Waals surface area contributed by atoms with Crippen LogP contribution in [0.15, 0.2) is 33.5 Å². The van der Waals surface area contributed by atoms with Gasteiger partial charge in [-0.2, -0.15) is 0 Å². The largest absolute Gasteiger partial charge is 0.487 e. The van der Waals surface area contributed by atoms with Crippen molar-refractivity contribution in [1.29, 1.82) is 0 Å². The zero-order valence-electron chi connectivity index (χ0n) is 23.7. The Hall–Kier alpha value is -3.69. The van der Waals surface area contributed by atoms with E-state index in [0.29, 0.717) is 96.5 Å². The molecule has 234 valence electrons. The first-order chi connectivity index (χ1) is 20.8. The predicted molar refractivity (Wildman–Crippen MR) is 150 cm³/mol. The molecule has 0 radical (unpaired) electrons. The molecular weight excluding hydrogens is 558 g/mol. The van der Waals surface area contributed by atoms with Crippen LogP contribution >= 0.6 is 0 Å². The summed E-state index contributed by atoms with van der Waals surface area (Å²) < 4.78 is 50.1. The summed E-state index contributed by atoms with van der Waals surface area (Å²) in [5.41, 5.74) is 24.7. The minimum absolute atomic E-state index is 0.239. The van der Waals surface area contributed by atoms with Crippen LogP contribution in [0.4, 0.5) is 0 Å². The van der Waals surface area contributed by atoms with Crippen LogP contribution in [0.2, 0.25) is 0 Å². The lowest BCUT2D eigenvalue weighted by Crippen LogP contribution is -2.15. The average molecular weight is 598 g/mol. The summed E-state index contributed by atoms with van der Waals surface area (Å²) in [5.74, 6) is 1.39. The maximum Gasteiger partial charge on any atom is 0.203 e. The Labute approximate surface area is 243 Å². The molecule has 0 fully saturated rings. The highest BCUT2D eigenvalue weighted by molar-refractivity contribution is 5.51. The van der Waals surface area contributed by atoms with E-state index in [9.17, 15) is 0 Å². The van der Waals surface area contributed by atoms with Gasteiger partial charge in [0.1, 0.15) is 19.8 Å². The molecule has 0 amide bonds. The zero-order valence-corrected chi connectivity index (χ0v) is 23.7. The highest BCUT2D eigenvalue weighted by Gasteiger charge is 2.13. The second kappa shape index (κ2) is 28.8. The molecule has 18 heteroatoms. The minimum Gasteiger partial charge on any atom is -0.487 e. The molecule has 0 aliphatic heterocycles. The second-order valence-corrected chi connectivity index (χ2v) is 7.67. The van der Waals surface area contributed by atoms with Crippen LogP contribution in [0.5, 0.6) is 17.2 Å². The van der Waals surface area contributed by atoms with Gasteiger partial charge in [0.05, 0.1) is 79.3 Å². The van der Waals surface area contributed by atoms with E-state index in [1.165, 1.54) is 0 Å². The standard InChI is InChI=1S/C24H39N9O9/c25-31-28-4-7-34-10-13-37-16-19-40-22-2-1-3-23(41-20-17-38-14-11-35-8-5-29-32-26)24(22)42-21-18-39-15-12-36-9-6-30-33-27/h1-3H,4-21H2. The van der Waals surface area contributed by atoms with Crippen LogP contribution in [-0.4, -0.2) is 119 Å². The van der Waals surface area contributed by atoms with Crippen LogP contribution in [0.3, 0.4) is 0 Å². The number of ether oxygens (including phenoxy) is 9. The summed E-state index contributed by atoms with van der Waals surface area (Å²) in [4.78, 5) is 7.97. The van der Waals surface area contributed by atoms with Crippen molar-refractivity contribution in [2.24, 2.45) is 15.3 Å². The molecule has 0 N–H and O–H groups in total. The smallest absolute Gasteiger partial charge is 0.203 e. The molecule has 0 aromatic heterocycles. The van der Waals surface area contributed by atoms with E-state index in [-0.39, 0.29) is 39.5 Å². The van der Waals surface area contributed by atoms with Gasteiger partial charge in [-0.15, -0.1) is 0 Å². The molecular formula is C24H39N9O9. The van der Waals surface area contributed by atoms with Gasteiger partial charge in [0.25, 0.3) is 0 Å². The van der Waals surface area contributed by atoms with E-state index in [0.717, 1.165) is 0 Å². The fourth-order valence-electron chi connectivity index (χ4n) is 2.91. The molecule has 1 aromatic carbocycles. The fraction of sp³-hybridized carbons (Fsp3) is 0.750. The second-order valence-electron chi connectivity index (χ2n) is 7.67. The van der Waals surface area contributed by atoms with Gasteiger partial charge in [-0.05, 0) is 28.7 Å². The van der Waals surface area contributed by atoms with Gasteiger partial charge in [0.2, 0.25) is 5.75 Å². The maximum atomic E-state index is 8.25. The molecule has 0 saturated carbocycles. The Bertz CT molecular complexity index is 903. The van der Waals surface area contributed by atoms with Crippen LogP contribution < -0.4 is 14.2 Å². The van der Waals surface area contributed by atoms with Gasteiger partial charge >= 0.3 is 0 Å². The highest BCUT2D eigenvalue weighted by atomic mass is 16.6. The van der Waals surface area contributed by atoms with Crippen molar-refractivity contribution in [3.63, 3.8) is 0 Å². The molecule has 42 heavy (non-hydrogen) atoms. The average Bonchev–Trinajstić information content (AvgIpc) is 3.00. The normalized spacial score (nSPS) is 10.3.